The smallest absolute Gasteiger partial charge is 0.160 e. The number of hydrogen-bond donors (Lipinski definition) is 0. The van der Waals surface area contributed by atoms with Gasteiger partial charge in [0.1, 0.15) is 44.7 Å². The Morgan fingerprint density at radius 1 is 0.147 bits per heavy atom. The second-order valence-electron chi connectivity index (χ2n) is 28.3. The van der Waals surface area contributed by atoms with Crippen LogP contribution >= 0.6 is 0 Å². The largest absolute Gasteiger partial charge is 0.456 e. The molecule has 0 bridgehead atoms. The van der Waals surface area contributed by atoms with Crippen LogP contribution in [0.1, 0.15) is 0 Å². The summed E-state index contributed by atoms with van der Waals surface area (Å²) in [4.78, 5) is 39.6. The first-order valence-electron chi connectivity index (χ1n) is 38.4. The van der Waals surface area contributed by atoms with Crippen LogP contribution in [0.4, 0.5) is 0 Å². The molecule has 8 aromatic heterocycles. The van der Waals surface area contributed by atoms with Gasteiger partial charge in [-0.15, -0.1) is 0 Å². The molecule has 0 unspecified atom stereocenters. The van der Waals surface area contributed by atoms with E-state index in [0.717, 1.165) is 216 Å². The zero-order valence-corrected chi connectivity index (χ0v) is 62.2. The van der Waals surface area contributed by atoms with Crippen molar-refractivity contribution in [2.75, 3.05) is 0 Å². The first-order chi connectivity index (χ1) is 57.5. The molecule has 0 spiro atoms. The fourth-order valence-electron chi connectivity index (χ4n) is 15.7. The highest BCUT2D eigenvalue weighted by Crippen LogP contribution is 2.43. The quantitative estimate of drug-likeness (QED) is 0.142. The second kappa shape index (κ2) is 29.4. The molecule has 0 aliphatic heterocycles. The van der Waals surface area contributed by atoms with E-state index >= 15 is 0 Å². The van der Waals surface area contributed by atoms with Gasteiger partial charge in [-0.1, -0.05) is 315 Å². The molecule has 0 saturated heterocycles. The van der Waals surface area contributed by atoms with Gasteiger partial charge in [0.25, 0.3) is 0 Å². The van der Waals surface area contributed by atoms with Crippen LogP contribution in [0.5, 0.6) is 0 Å². The van der Waals surface area contributed by atoms with Crippen molar-refractivity contribution in [1.82, 2.24) is 39.9 Å². The molecule has 16 aromatic carbocycles. The zero-order valence-electron chi connectivity index (χ0n) is 62.2. The van der Waals surface area contributed by atoms with Gasteiger partial charge in [-0.05, 0) is 66.7 Å². The van der Waals surface area contributed by atoms with Crippen molar-refractivity contribution in [2.45, 2.75) is 0 Å². The zero-order chi connectivity index (χ0) is 76.8. The molecule has 544 valence electrons. The number of nitrogens with zero attached hydrogens (tertiary/aromatic N) is 8. The van der Waals surface area contributed by atoms with Gasteiger partial charge >= 0.3 is 0 Å². The van der Waals surface area contributed by atoms with E-state index in [2.05, 4.69) is 97.1 Å². The molecule has 0 saturated carbocycles. The van der Waals surface area contributed by atoms with Crippen molar-refractivity contribution in [3.05, 3.63) is 388 Å². The topological polar surface area (TPSA) is 156 Å². The van der Waals surface area contributed by atoms with Gasteiger partial charge in [-0.3, -0.25) is 0 Å². The molecule has 24 aromatic rings. The Morgan fingerprint density at radius 2 is 0.448 bits per heavy atom. The van der Waals surface area contributed by atoms with Crippen LogP contribution in [0, 0.1) is 0 Å². The van der Waals surface area contributed by atoms with Crippen LogP contribution in [0.25, 0.3) is 222 Å². The van der Waals surface area contributed by atoms with E-state index in [-0.39, 0.29) is 0 Å². The Bertz CT molecular complexity index is 7700. The van der Waals surface area contributed by atoms with E-state index in [4.69, 9.17) is 57.5 Å². The van der Waals surface area contributed by atoms with E-state index in [0.29, 0.717) is 5.82 Å². The highest BCUT2D eigenvalue weighted by molar-refractivity contribution is 6.23. The summed E-state index contributed by atoms with van der Waals surface area (Å²) in [5.41, 5.74) is 22.5. The maximum absolute atomic E-state index is 6.11. The summed E-state index contributed by atoms with van der Waals surface area (Å²) in [7, 11) is 0. The monoisotopic (exact) mass is 1490 g/mol. The lowest BCUT2D eigenvalue weighted by atomic mass is 10.0. The van der Waals surface area contributed by atoms with Gasteiger partial charge in [-0.25, -0.2) is 39.9 Å². The highest BCUT2D eigenvalue weighted by Gasteiger charge is 2.23. The van der Waals surface area contributed by atoms with Crippen molar-refractivity contribution in [1.29, 1.82) is 0 Å². The van der Waals surface area contributed by atoms with Crippen molar-refractivity contribution in [3.8, 4) is 90.6 Å². The number of hydrogen-bond acceptors (Lipinski definition) is 12. The molecule has 0 atom stereocenters. The van der Waals surface area contributed by atoms with E-state index in [1.165, 1.54) is 0 Å². The normalized spacial score (nSPS) is 11.4. The van der Waals surface area contributed by atoms with Crippen molar-refractivity contribution >= 4 is 131 Å². The average molecular weight is 1490 g/mol. The van der Waals surface area contributed by atoms with Gasteiger partial charge in [0.2, 0.25) is 0 Å². The molecular weight excluding hydrogens is 1430 g/mol. The molecule has 0 aliphatic carbocycles. The van der Waals surface area contributed by atoms with Crippen LogP contribution in [-0.2, 0) is 0 Å². The summed E-state index contributed by atoms with van der Waals surface area (Å²) >= 11 is 0. The number of fused-ring (bicyclic) bond motifs is 18. The summed E-state index contributed by atoms with van der Waals surface area (Å²) in [6.45, 7) is 0. The van der Waals surface area contributed by atoms with Gasteiger partial charge in [0.05, 0.1) is 50.2 Å². The van der Waals surface area contributed by atoms with E-state index < -0.39 is 0 Å². The summed E-state index contributed by atoms with van der Waals surface area (Å²) in [6, 6.07) is 131. The Kier molecular flexibility index (Phi) is 17.3. The average Bonchev–Trinajstić information content (AvgIpc) is 1.57. The second-order valence-corrected chi connectivity index (χ2v) is 28.3. The predicted octanol–water partition coefficient (Wildman–Crippen LogP) is 27.5. The lowest BCUT2D eigenvalue weighted by Crippen LogP contribution is -1.95. The fourth-order valence-corrected chi connectivity index (χ4v) is 15.7. The Balaban J connectivity index is 0.0000000966. The number of benzene rings is 16. The molecule has 0 N–H and O–H groups in total. The lowest BCUT2D eigenvalue weighted by Gasteiger charge is -2.10. The van der Waals surface area contributed by atoms with Gasteiger partial charge in [0.15, 0.2) is 23.3 Å². The minimum Gasteiger partial charge on any atom is -0.456 e. The number of para-hydroxylation sites is 4. The van der Waals surface area contributed by atoms with Crippen LogP contribution in [0.2, 0.25) is 0 Å². The minimum atomic E-state index is 0.715. The van der Waals surface area contributed by atoms with Gasteiger partial charge < -0.3 is 17.7 Å². The molecule has 0 amide bonds. The first kappa shape index (κ1) is 68.1. The molecule has 24 rings (SSSR count). The van der Waals surface area contributed by atoms with Crippen molar-refractivity contribution < 1.29 is 17.7 Å². The number of aromatic nitrogens is 8. The molecule has 0 radical (unpaired) electrons. The van der Waals surface area contributed by atoms with E-state index in [1.54, 1.807) is 0 Å². The maximum Gasteiger partial charge on any atom is 0.160 e. The van der Waals surface area contributed by atoms with Gasteiger partial charge in [0, 0.05) is 110 Å². The van der Waals surface area contributed by atoms with Crippen molar-refractivity contribution in [3.63, 3.8) is 0 Å². The molecule has 0 aliphatic rings. The third kappa shape index (κ3) is 12.7. The van der Waals surface area contributed by atoms with Crippen LogP contribution < -0.4 is 0 Å². The molecule has 12 heteroatoms. The van der Waals surface area contributed by atoms with Crippen LogP contribution in [0.3, 0.4) is 0 Å². The SMILES string of the molecule is c1ccc(-c2nc(-c3ccccc3)c3c(ccc4oc5ccccc5c43)n2)cc1.c1ccc(-c2nc(-c3ccccc3)c3cc4c(cc3n2)oc2ccccc24)cc1.c1ccc(-c2nc(-c3ccccc3)c3cc4oc5ccccc5c4cc3n2)cc1.c1ccc(-c2nc(-c3ccccc3)c3ccc4oc5ccccc5c4c3n2)cc1. The standard InChI is InChI=1S/4C26H16N2O/c1-3-9-17(10-4-1)25-21-16-24-20(19-13-7-8-14-23(19)29-24)15-22(21)27-26(28-25)18-11-5-2-6-12-18;1-3-9-17(10-4-1)25-21-15-20-19-13-7-8-14-23(19)29-24(20)16-22(21)27-26(28-25)18-11-5-2-6-12-18;1-3-9-17(10-4-1)25-24-20(27-26(28-25)18-11-5-2-6-12-18)15-16-22-23(24)19-13-7-8-14-21(19)29-22;1-3-9-17(10-4-1)24-20-15-16-22-23(19-13-7-8-14-21(19)29-22)25(20)28-26(27-24)18-11-5-2-6-12-18/h4*1-16H. The van der Waals surface area contributed by atoms with E-state index in [1.807, 2.05) is 291 Å². The minimum absolute atomic E-state index is 0.715. The summed E-state index contributed by atoms with van der Waals surface area (Å²) in [5, 5.41) is 12.7. The molecule has 0 fully saturated rings. The lowest BCUT2D eigenvalue weighted by molar-refractivity contribution is 0.669. The fraction of sp³-hybridized carbons (Fsp3) is 0. The maximum atomic E-state index is 6.11. The summed E-state index contributed by atoms with van der Waals surface area (Å²) in [5.74, 6) is 2.88. The molecular formula is C104H64N8O4. The molecule has 8 heterocycles. The van der Waals surface area contributed by atoms with Crippen LogP contribution in [-0.4, -0.2) is 39.9 Å². The third-order valence-corrected chi connectivity index (χ3v) is 21.1. The molecule has 116 heavy (non-hydrogen) atoms. The summed E-state index contributed by atoms with van der Waals surface area (Å²) < 4.78 is 24.4. The number of furan rings is 4. The number of rotatable bonds is 8. The van der Waals surface area contributed by atoms with Gasteiger partial charge in [-0.2, -0.15) is 0 Å². The van der Waals surface area contributed by atoms with E-state index in [9.17, 15) is 0 Å². The van der Waals surface area contributed by atoms with Crippen molar-refractivity contribution in [2.24, 2.45) is 0 Å². The Hall–Kier alpha value is -15.9. The Labute approximate surface area is 663 Å². The molecule has 12 nitrogen and oxygen atoms in total. The predicted molar refractivity (Wildman–Crippen MR) is 471 cm³/mol. The first-order valence-corrected chi connectivity index (χ1v) is 38.4. The third-order valence-electron chi connectivity index (χ3n) is 21.1. The summed E-state index contributed by atoms with van der Waals surface area (Å²) in [6.07, 6.45) is 0. The highest BCUT2D eigenvalue weighted by atomic mass is 16.3. The Morgan fingerprint density at radius 3 is 0.905 bits per heavy atom. The van der Waals surface area contributed by atoms with Crippen LogP contribution in [0.15, 0.2) is 406 Å².